The number of carbonyl (C=O) groups is 1. The van der Waals surface area contributed by atoms with Crippen molar-refractivity contribution >= 4 is 29.4 Å². The van der Waals surface area contributed by atoms with Crippen LogP contribution in [0.15, 0.2) is 0 Å². The van der Waals surface area contributed by atoms with Crippen LogP contribution >= 0.6 is 23.5 Å². The van der Waals surface area contributed by atoms with Gasteiger partial charge in [0.15, 0.2) is 0 Å². The van der Waals surface area contributed by atoms with Gasteiger partial charge in [-0.15, -0.1) is 11.8 Å². The summed E-state index contributed by atoms with van der Waals surface area (Å²) in [7, 11) is 0. The fraction of sp³-hybridized carbons (Fsp3) is 0.917. The summed E-state index contributed by atoms with van der Waals surface area (Å²) in [4.78, 5) is 18.1. The second kappa shape index (κ2) is 13.1. The molecule has 2 aliphatic carbocycles. The zero-order valence-electron chi connectivity index (χ0n) is 20.5. The van der Waals surface area contributed by atoms with Gasteiger partial charge >= 0.3 is 0 Å². The van der Waals surface area contributed by atoms with Gasteiger partial charge in [-0.1, -0.05) is 11.8 Å². The third-order valence-corrected chi connectivity index (χ3v) is 10.6. The van der Waals surface area contributed by atoms with E-state index in [0.29, 0.717) is 36.3 Å². The Hall–Kier alpha value is -0.540. The molecule has 0 aromatic carbocycles. The molecule has 4 aliphatic rings. The number of nitrogens with zero attached hydrogens (tertiary/aromatic N) is 1. The SMILES string of the molecule is CC1NOC(C)C1COC1CCC(CC(=O)NC2NNC(SCC3CCC(C#N)CC3)S2)CC1. The van der Waals surface area contributed by atoms with Gasteiger partial charge in [-0.25, -0.2) is 10.9 Å². The number of rotatable bonds is 9. The van der Waals surface area contributed by atoms with Crippen molar-refractivity contribution in [2.24, 2.45) is 23.7 Å². The normalized spacial score (nSPS) is 40.7. The van der Waals surface area contributed by atoms with Crippen molar-refractivity contribution in [3.8, 4) is 6.07 Å². The van der Waals surface area contributed by atoms with Gasteiger partial charge in [0, 0.05) is 24.3 Å². The van der Waals surface area contributed by atoms with E-state index in [4.69, 9.17) is 14.8 Å². The monoisotopic (exact) mass is 511 g/mol. The van der Waals surface area contributed by atoms with Crippen LogP contribution in [0.2, 0.25) is 0 Å². The van der Waals surface area contributed by atoms with Crippen molar-refractivity contribution < 1.29 is 14.4 Å². The minimum Gasteiger partial charge on any atom is -0.378 e. The zero-order valence-corrected chi connectivity index (χ0v) is 22.1. The second-order valence-corrected chi connectivity index (χ2v) is 13.1. The summed E-state index contributed by atoms with van der Waals surface area (Å²) in [6.07, 6.45) is 9.69. The molecule has 4 rings (SSSR count). The Morgan fingerprint density at radius 1 is 1.12 bits per heavy atom. The molecule has 0 aromatic rings. The molecule has 34 heavy (non-hydrogen) atoms. The Kier molecular flexibility index (Phi) is 10.2. The summed E-state index contributed by atoms with van der Waals surface area (Å²) in [6.45, 7) is 4.98. The summed E-state index contributed by atoms with van der Waals surface area (Å²) in [5.74, 6) is 3.06. The predicted octanol–water partition coefficient (Wildman–Crippen LogP) is 3.47. The summed E-state index contributed by atoms with van der Waals surface area (Å²) >= 11 is 3.64. The van der Waals surface area contributed by atoms with Crippen molar-refractivity contribution in [3.63, 3.8) is 0 Å². The lowest BCUT2D eigenvalue weighted by atomic mass is 9.84. The van der Waals surface area contributed by atoms with E-state index in [1.54, 1.807) is 11.8 Å². The quantitative estimate of drug-likeness (QED) is 0.370. The second-order valence-electron chi connectivity index (χ2n) is 10.5. The van der Waals surface area contributed by atoms with E-state index in [0.717, 1.165) is 63.7 Å². The highest BCUT2D eigenvalue weighted by Gasteiger charge is 2.33. The van der Waals surface area contributed by atoms with Crippen LogP contribution < -0.4 is 21.6 Å². The van der Waals surface area contributed by atoms with Crippen molar-refractivity contribution in [2.75, 3.05) is 12.4 Å². The Morgan fingerprint density at radius 2 is 1.85 bits per heavy atom. The van der Waals surface area contributed by atoms with Gasteiger partial charge in [0.1, 0.15) is 10.2 Å². The maximum absolute atomic E-state index is 12.6. The molecule has 2 heterocycles. The molecule has 0 aromatic heterocycles. The number of hydrazine groups is 1. The number of hydrogen-bond acceptors (Lipinski definition) is 9. The molecule has 0 bridgehead atoms. The third kappa shape index (κ3) is 7.73. The van der Waals surface area contributed by atoms with E-state index in [1.165, 1.54) is 0 Å². The van der Waals surface area contributed by atoms with Gasteiger partial charge in [0.25, 0.3) is 0 Å². The molecule has 5 atom stereocenters. The van der Waals surface area contributed by atoms with Crippen LogP contribution in [-0.2, 0) is 14.4 Å². The first kappa shape index (κ1) is 26.5. The number of amides is 1. The molecule has 2 saturated heterocycles. The van der Waals surface area contributed by atoms with Gasteiger partial charge in [0.05, 0.1) is 24.9 Å². The van der Waals surface area contributed by atoms with Gasteiger partial charge in [-0.3, -0.25) is 9.63 Å². The number of nitriles is 1. The van der Waals surface area contributed by atoms with Crippen molar-refractivity contribution in [1.29, 1.82) is 5.26 Å². The first-order valence-corrected chi connectivity index (χ1v) is 15.0. The molecule has 5 unspecified atom stereocenters. The maximum atomic E-state index is 12.6. The van der Waals surface area contributed by atoms with Crippen molar-refractivity contribution in [1.82, 2.24) is 21.6 Å². The molecule has 10 heteroatoms. The van der Waals surface area contributed by atoms with E-state index in [1.807, 2.05) is 11.8 Å². The lowest BCUT2D eigenvalue weighted by Gasteiger charge is -2.30. The minimum atomic E-state index is -0.0785. The molecule has 8 nitrogen and oxygen atoms in total. The molecule has 4 N–H and O–H groups in total. The number of hydroxylamine groups is 1. The van der Waals surface area contributed by atoms with Gasteiger partial charge < -0.3 is 10.1 Å². The van der Waals surface area contributed by atoms with E-state index >= 15 is 0 Å². The molecule has 4 fully saturated rings. The summed E-state index contributed by atoms with van der Waals surface area (Å²) in [5.41, 5.74) is 9.49. The molecule has 2 aliphatic heterocycles. The average molecular weight is 512 g/mol. The fourth-order valence-electron chi connectivity index (χ4n) is 5.46. The topological polar surface area (TPSA) is 107 Å². The molecule has 1 amide bonds. The summed E-state index contributed by atoms with van der Waals surface area (Å²) in [5, 5.41) is 12.2. The number of carbonyl (C=O) groups excluding carboxylic acids is 1. The molecular formula is C24H41N5O3S2. The number of thioether (sulfide) groups is 2. The molecule has 192 valence electrons. The summed E-state index contributed by atoms with van der Waals surface area (Å²) < 4.78 is 6.45. The van der Waals surface area contributed by atoms with Gasteiger partial charge in [-0.05, 0) is 82.8 Å². The van der Waals surface area contributed by atoms with Crippen LogP contribution in [0.1, 0.15) is 71.6 Å². The molecule has 2 saturated carbocycles. The molecule has 0 spiro atoms. The van der Waals surface area contributed by atoms with Crippen LogP contribution in [0.3, 0.4) is 0 Å². The van der Waals surface area contributed by atoms with E-state index in [2.05, 4.69) is 41.6 Å². The Morgan fingerprint density at radius 3 is 2.53 bits per heavy atom. The largest absolute Gasteiger partial charge is 0.378 e. The molecule has 0 radical (unpaired) electrons. The Labute approximate surface area is 212 Å². The highest BCUT2D eigenvalue weighted by Crippen LogP contribution is 2.35. The van der Waals surface area contributed by atoms with Crippen molar-refractivity contribution in [3.05, 3.63) is 0 Å². The third-order valence-electron chi connectivity index (χ3n) is 7.87. The highest BCUT2D eigenvalue weighted by molar-refractivity contribution is 8.17. The smallest absolute Gasteiger partial charge is 0.222 e. The highest BCUT2D eigenvalue weighted by atomic mass is 32.2. The van der Waals surface area contributed by atoms with Crippen LogP contribution in [0, 0.1) is 35.0 Å². The first-order valence-electron chi connectivity index (χ1n) is 13.0. The van der Waals surface area contributed by atoms with E-state index < -0.39 is 0 Å². The first-order chi connectivity index (χ1) is 16.5. The van der Waals surface area contributed by atoms with E-state index in [9.17, 15) is 4.79 Å². The zero-order chi connectivity index (χ0) is 23.9. The Bertz CT molecular complexity index is 685. The number of nitrogens with one attached hydrogen (secondary N) is 4. The fourth-order valence-corrected chi connectivity index (χ4v) is 7.99. The van der Waals surface area contributed by atoms with Crippen LogP contribution in [0.4, 0.5) is 0 Å². The summed E-state index contributed by atoms with van der Waals surface area (Å²) in [6, 6.07) is 2.74. The minimum absolute atomic E-state index is 0.0785. The lowest BCUT2D eigenvalue weighted by molar-refractivity contribution is -0.122. The Balaban J connectivity index is 1.06. The lowest BCUT2D eigenvalue weighted by Crippen LogP contribution is -2.44. The van der Waals surface area contributed by atoms with Crippen LogP contribution in [-0.4, -0.2) is 46.7 Å². The van der Waals surface area contributed by atoms with Gasteiger partial charge in [0.2, 0.25) is 5.91 Å². The molecular weight excluding hydrogens is 470 g/mol. The predicted molar refractivity (Wildman–Crippen MR) is 136 cm³/mol. The number of ether oxygens (including phenoxy) is 1. The standard InChI is InChI=1S/C24H41N5O3S2/c1-15-21(16(2)32-29-15)13-31-20-9-7-17(8-10-20)11-22(30)26-23-27-28-24(34-23)33-14-19-5-3-18(12-25)4-6-19/h15-21,23-24,27-29H,3-11,13-14H2,1-2H3,(H,26,30). The maximum Gasteiger partial charge on any atom is 0.222 e. The van der Waals surface area contributed by atoms with Crippen LogP contribution in [0.5, 0.6) is 0 Å². The van der Waals surface area contributed by atoms with Crippen LogP contribution in [0.25, 0.3) is 0 Å². The number of hydrogen-bond donors (Lipinski definition) is 4. The average Bonchev–Trinajstić information content (AvgIpc) is 3.43. The van der Waals surface area contributed by atoms with Gasteiger partial charge in [-0.2, -0.15) is 10.7 Å². The van der Waals surface area contributed by atoms with Crippen molar-refractivity contribution in [2.45, 2.75) is 100 Å². The van der Waals surface area contributed by atoms with E-state index in [-0.39, 0.29) is 28.1 Å².